The fourth-order valence-electron chi connectivity index (χ4n) is 1.72. The lowest BCUT2D eigenvalue weighted by atomic mass is 10.4. The summed E-state index contributed by atoms with van der Waals surface area (Å²) in [6.07, 6.45) is -1.01. The summed E-state index contributed by atoms with van der Waals surface area (Å²) in [7, 11) is 0. The largest absolute Gasteiger partial charge is 0.434 e. The van der Waals surface area contributed by atoms with E-state index in [9.17, 15) is 13.2 Å². The van der Waals surface area contributed by atoms with Crippen molar-refractivity contribution in [3.05, 3.63) is 42.1 Å². The summed E-state index contributed by atoms with van der Waals surface area (Å²) in [6.45, 7) is 1.76. The highest BCUT2D eigenvalue weighted by Crippen LogP contribution is 2.27. The quantitative estimate of drug-likeness (QED) is 0.737. The molecule has 0 spiro atoms. The van der Waals surface area contributed by atoms with E-state index in [0.29, 0.717) is 0 Å². The van der Waals surface area contributed by atoms with E-state index in [-0.39, 0.29) is 24.1 Å². The smallest absolute Gasteiger partial charge is 0.337 e. The van der Waals surface area contributed by atoms with Gasteiger partial charge >= 0.3 is 6.18 Å². The molecule has 22 heavy (non-hydrogen) atoms. The van der Waals surface area contributed by atoms with Crippen molar-refractivity contribution in [1.29, 1.82) is 0 Å². The topological polar surface area (TPSA) is 82.5 Å². The van der Waals surface area contributed by atoms with Crippen molar-refractivity contribution < 1.29 is 17.7 Å². The molecule has 0 aliphatic rings. The van der Waals surface area contributed by atoms with Crippen molar-refractivity contribution in [2.24, 2.45) is 0 Å². The molecule has 0 amide bonds. The average Bonchev–Trinajstić information content (AvgIpc) is 3.08. The Bertz CT molecular complexity index is 794. The highest BCUT2D eigenvalue weighted by molar-refractivity contribution is 5.41. The number of nitrogens with zero attached hydrogens (tertiary/aromatic N) is 6. The molecule has 0 radical (unpaired) electrons. The predicted octanol–water partition coefficient (Wildman–Crippen LogP) is 2.10. The number of aryl methyl sites for hydroxylation is 1. The molecule has 3 rings (SSSR count). The molecule has 114 valence electrons. The summed E-state index contributed by atoms with van der Waals surface area (Å²) < 4.78 is 43.6. The zero-order valence-corrected chi connectivity index (χ0v) is 11.2. The first kappa shape index (κ1) is 14.2. The van der Waals surface area contributed by atoms with E-state index in [4.69, 9.17) is 4.52 Å². The van der Waals surface area contributed by atoms with Crippen LogP contribution in [0.5, 0.6) is 0 Å². The Morgan fingerprint density at radius 2 is 2.00 bits per heavy atom. The van der Waals surface area contributed by atoms with Gasteiger partial charge in [-0.05, 0) is 13.0 Å². The minimum absolute atomic E-state index is 0.0259. The second kappa shape index (κ2) is 5.20. The number of rotatable bonds is 3. The van der Waals surface area contributed by atoms with Crippen LogP contribution in [0.2, 0.25) is 0 Å². The normalized spacial score (nSPS) is 11.8. The maximum Gasteiger partial charge on any atom is 0.434 e. The molecule has 7 nitrogen and oxygen atoms in total. The minimum Gasteiger partial charge on any atom is -0.337 e. The molecule has 3 heterocycles. The SMILES string of the molecule is Cc1ccnc(-c2noc(Cn3cnc(C(F)(F)F)c3)n2)n1. The van der Waals surface area contributed by atoms with Gasteiger partial charge in [0.2, 0.25) is 17.5 Å². The van der Waals surface area contributed by atoms with Crippen LogP contribution in [0.1, 0.15) is 17.3 Å². The minimum atomic E-state index is -4.49. The molecule has 10 heteroatoms. The fraction of sp³-hybridized carbons (Fsp3) is 0.250. The maximum absolute atomic E-state index is 12.5. The fourth-order valence-corrected chi connectivity index (χ4v) is 1.72. The Kier molecular flexibility index (Phi) is 3.35. The van der Waals surface area contributed by atoms with E-state index in [0.717, 1.165) is 18.2 Å². The van der Waals surface area contributed by atoms with E-state index in [1.807, 2.05) is 0 Å². The predicted molar refractivity (Wildman–Crippen MR) is 66.4 cm³/mol. The first-order chi connectivity index (χ1) is 10.4. The summed E-state index contributed by atoms with van der Waals surface area (Å²) in [5.74, 6) is 0.595. The summed E-state index contributed by atoms with van der Waals surface area (Å²) >= 11 is 0. The van der Waals surface area contributed by atoms with Crippen LogP contribution in [0.15, 0.2) is 29.3 Å². The molecule has 0 unspecified atom stereocenters. The molecule has 0 aromatic carbocycles. The molecule has 0 saturated carbocycles. The van der Waals surface area contributed by atoms with E-state index in [1.54, 1.807) is 19.2 Å². The van der Waals surface area contributed by atoms with Crippen molar-refractivity contribution in [3.8, 4) is 11.6 Å². The summed E-state index contributed by atoms with van der Waals surface area (Å²) in [4.78, 5) is 15.5. The third-order valence-corrected chi connectivity index (χ3v) is 2.70. The zero-order valence-electron chi connectivity index (χ0n) is 11.2. The molecule has 0 aliphatic heterocycles. The van der Waals surface area contributed by atoms with Crippen LogP contribution >= 0.6 is 0 Å². The number of aromatic nitrogens is 6. The lowest BCUT2D eigenvalue weighted by Gasteiger charge is -1.99. The van der Waals surface area contributed by atoms with Gasteiger partial charge in [0.05, 0.1) is 6.33 Å². The number of hydrogen-bond donors (Lipinski definition) is 0. The highest BCUT2D eigenvalue weighted by Gasteiger charge is 2.33. The van der Waals surface area contributed by atoms with Gasteiger partial charge in [0.15, 0.2) is 5.69 Å². The van der Waals surface area contributed by atoms with Gasteiger partial charge in [-0.2, -0.15) is 18.2 Å². The monoisotopic (exact) mass is 310 g/mol. The summed E-state index contributed by atoms with van der Waals surface area (Å²) in [5.41, 5.74) is -0.241. The van der Waals surface area contributed by atoms with Crippen LogP contribution in [-0.2, 0) is 12.7 Å². The lowest BCUT2D eigenvalue weighted by Crippen LogP contribution is -2.05. The van der Waals surface area contributed by atoms with Crippen molar-refractivity contribution >= 4 is 0 Å². The van der Waals surface area contributed by atoms with Crippen molar-refractivity contribution in [1.82, 2.24) is 29.7 Å². The van der Waals surface area contributed by atoms with Crippen LogP contribution in [0, 0.1) is 6.92 Å². The molecule has 0 atom stereocenters. The van der Waals surface area contributed by atoms with E-state index in [1.165, 1.54) is 4.57 Å². The second-order valence-electron chi connectivity index (χ2n) is 4.46. The van der Waals surface area contributed by atoms with Crippen LogP contribution in [0.4, 0.5) is 13.2 Å². The Morgan fingerprint density at radius 3 is 2.68 bits per heavy atom. The van der Waals surface area contributed by atoms with Gasteiger partial charge in [-0.1, -0.05) is 5.16 Å². The number of hydrogen-bond acceptors (Lipinski definition) is 6. The standard InChI is InChI=1S/C12H9F3N6O/c1-7-2-3-16-10(18-7)11-19-9(22-20-11)5-21-4-8(17-6-21)12(13,14)15/h2-4,6H,5H2,1H3. The Morgan fingerprint density at radius 1 is 1.18 bits per heavy atom. The molecule has 0 fully saturated rings. The molecule has 0 aliphatic carbocycles. The maximum atomic E-state index is 12.5. The van der Waals surface area contributed by atoms with Crippen molar-refractivity contribution in [2.45, 2.75) is 19.6 Å². The third kappa shape index (κ3) is 2.95. The van der Waals surface area contributed by atoms with Crippen molar-refractivity contribution in [3.63, 3.8) is 0 Å². The van der Waals surface area contributed by atoms with Crippen molar-refractivity contribution in [2.75, 3.05) is 0 Å². The van der Waals surface area contributed by atoms with Crippen LogP contribution in [0.3, 0.4) is 0 Å². The lowest BCUT2D eigenvalue weighted by molar-refractivity contribution is -0.140. The first-order valence-electron chi connectivity index (χ1n) is 6.13. The number of halogens is 3. The molecule has 3 aromatic rings. The van der Waals surface area contributed by atoms with Gasteiger partial charge in [0.25, 0.3) is 0 Å². The van der Waals surface area contributed by atoms with Gasteiger partial charge in [-0.25, -0.2) is 15.0 Å². The molecule has 0 N–H and O–H groups in total. The molecular formula is C12H9F3N6O. The van der Waals surface area contributed by atoms with Crippen LogP contribution in [-0.4, -0.2) is 29.7 Å². The Balaban J connectivity index is 1.79. The molecule has 0 saturated heterocycles. The molecule has 0 bridgehead atoms. The number of alkyl halides is 3. The van der Waals surface area contributed by atoms with E-state index in [2.05, 4.69) is 25.1 Å². The van der Waals surface area contributed by atoms with Gasteiger partial charge in [0.1, 0.15) is 6.54 Å². The summed E-state index contributed by atoms with van der Waals surface area (Å²) in [6, 6.07) is 1.72. The van der Waals surface area contributed by atoms with Crippen LogP contribution in [0.25, 0.3) is 11.6 Å². The van der Waals surface area contributed by atoms with Gasteiger partial charge in [-0.3, -0.25) is 0 Å². The highest BCUT2D eigenvalue weighted by atomic mass is 19.4. The second-order valence-corrected chi connectivity index (χ2v) is 4.46. The summed E-state index contributed by atoms with van der Waals surface area (Å²) in [5, 5.41) is 3.71. The average molecular weight is 310 g/mol. The van der Waals surface area contributed by atoms with Gasteiger partial charge in [0, 0.05) is 18.1 Å². The Hall–Kier alpha value is -2.78. The zero-order chi connectivity index (χ0) is 15.7. The van der Waals surface area contributed by atoms with E-state index >= 15 is 0 Å². The van der Waals surface area contributed by atoms with Crippen LogP contribution < -0.4 is 0 Å². The van der Waals surface area contributed by atoms with Gasteiger partial charge < -0.3 is 9.09 Å². The molecule has 3 aromatic heterocycles. The number of imidazole rings is 1. The Labute approximate surface area is 121 Å². The van der Waals surface area contributed by atoms with E-state index < -0.39 is 11.9 Å². The third-order valence-electron chi connectivity index (χ3n) is 2.70. The van der Waals surface area contributed by atoms with Gasteiger partial charge in [-0.15, -0.1) is 0 Å². The molecular weight excluding hydrogens is 301 g/mol. The first-order valence-corrected chi connectivity index (χ1v) is 6.13.